The number of sulfonamides is 1. The first-order valence-electron chi connectivity index (χ1n) is 7.39. The van der Waals surface area contributed by atoms with Gasteiger partial charge in [-0.15, -0.1) is 11.3 Å². The standard InChI is InChI=1S/C14H24N2O2S2/c1-2-7-15-10-13-9-14(19-11-13)20(17,18)16-8-3-4-12-5-6-12/h9,11-12,15-16H,2-8,10H2,1H3. The van der Waals surface area contributed by atoms with Gasteiger partial charge in [-0.2, -0.15) is 0 Å². The molecule has 6 heteroatoms. The highest BCUT2D eigenvalue weighted by atomic mass is 32.2. The Morgan fingerprint density at radius 1 is 1.35 bits per heavy atom. The van der Waals surface area contributed by atoms with Crippen LogP contribution < -0.4 is 10.0 Å². The Balaban J connectivity index is 1.78. The van der Waals surface area contributed by atoms with Crippen LogP contribution in [0.1, 0.15) is 44.6 Å². The lowest BCUT2D eigenvalue weighted by Crippen LogP contribution is -2.24. The Morgan fingerprint density at radius 3 is 2.85 bits per heavy atom. The lowest BCUT2D eigenvalue weighted by atomic mass is 10.2. The fourth-order valence-electron chi connectivity index (χ4n) is 2.07. The van der Waals surface area contributed by atoms with Crippen molar-refractivity contribution in [3.63, 3.8) is 0 Å². The molecule has 0 aromatic carbocycles. The molecule has 1 aliphatic rings. The molecule has 1 aromatic rings. The first kappa shape index (κ1) is 15.9. The van der Waals surface area contributed by atoms with Gasteiger partial charge in [-0.25, -0.2) is 13.1 Å². The van der Waals surface area contributed by atoms with E-state index in [0.29, 0.717) is 10.8 Å². The molecule has 1 aliphatic carbocycles. The Morgan fingerprint density at radius 2 is 2.15 bits per heavy atom. The van der Waals surface area contributed by atoms with Crippen molar-refractivity contribution >= 4 is 21.4 Å². The maximum absolute atomic E-state index is 12.1. The molecule has 1 saturated carbocycles. The van der Waals surface area contributed by atoms with Crippen molar-refractivity contribution in [1.82, 2.24) is 10.0 Å². The van der Waals surface area contributed by atoms with Crippen molar-refractivity contribution in [3.05, 3.63) is 17.0 Å². The molecule has 0 atom stereocenters. The minimum absolute atomic E-state index is 0.428. The normalized spacial score (nSPS) is 15.7. The summed E-state index contributed by atoms with van der Waals surface area (Å²) in [5, 5.41) is 5.20. The van der Waals surface area contributed by atoms with E-state index in [2.05, 4.69) is 17.0 Å². The molecule has 1 heterocycles. The number of hydrogen-bond acceptors (Lipinski definition) is 4. The molecule has 0 radical (unpaired) electrons. The molecule has 1 fully saturated rings. The molecule has 0 amide bonds. The van der Waals surface area contributed by atoms with E-state index in [-0.39, 0.29) is 0 Å². The van der Waals surface area contributed by atoms with Crippen LogP contribution in [0.3, 0.4) is 0 Å². The van der Waals surface area contributed by atoms with Gasteiger partial charge < -0.3 is 5.32 Å². The summed E-state index contributed by atoms with van der Waals surface area (Å²) in [4.78, 5) is 0. The third-order valence-corrected chi connectivity index (χ3v) is 6.38. The molecule has 2 N–H and O–H groups in total. The Bertz CT molecular complexity index is 507. The van der Waals surface area contributed by atoms with E-state index < -0.39 is 10.0 Å². The van der Waals surface area contributed by atoms with Crippen LogP contribution in [0.15, 0.2) is 15.7 Å². The second kappa shape index (κ2) is 7.54. The molecule has 0 aliphatic heterocycles. The van der Waals surface area contributed by atoms with Gasteiger partial charge in [0.1, 0.15) is 4.21 Å². The van der Waals surface area contributed by atoms with E-state index in [0.717, 1.165) is 43.8 Å². The van der Waals surface area contributed by atoms with Crippen molar-refractivity contribution in [2.24, 2.45) is 5.92 Å². The smallest absolute Gasteiger partial charge is 0.250 e. The van der Waals surface area contributed by atoms with Crippen LogP contribution in [0, 0.1) is 5.92 Å². The summed E-state index contributed by atoms with van der Waals surface area (Å²) in [6, 6.07) is 1.77. The lowest BCUT2D eigenvalue weighted by molar-refractivity contribution is 0.574. The van der Waals surface area contributed by atoms with Gasteiger partial charge in [0.2, 0.25) is 10.0 Å². The van der Waals surface area contributed by atoms with Crippen molar-refractivity contribution < 1.29 is 8.42 Å². The Kier molecular flexibility index (Phi) is 6.01. The van der Waals surface area contributed by atoms with Crippen LogP contribution in [0.4, 0.5) is 0 Å². The van der Waals surface area contributed by atoms with Crippen molar-refractivity contribution in [2.45, 2.75) is 49.8 Å². The van der Waals surface area contributed by atoms with Crippen LogP contribution in [0.25, 0.3) is 0 Å². The summed E-state index contributed by atoms with van der Waals surface area (Å²) in [6.07, 6.45) is 5.83. The van der Waals surface area contributed by atoms with Crippen LogP contribution in [-0.2, 0) is 16.6 Å². The third kappa shape index (κ3) is 5.16. The second-order valence-electron chi connectivity index (χ2n) is 5.43. The van der Waals surface area contributed by atoms with E-state index in [4.69, 9.17) is 0 Å². The summed E-state index contributed by atoms with van der Waals surface area (Å²) in [5.41, 5.74) is 1.04. The lowest BCUT2D eigenvalue weighted by Gasteiger charge is -2.04. The average molecular weight is 316 g/mol. The summed E-state index contributed by atoms with van der Waals surface area (Å²) < 4.78 is 27.4. The first-order chi connectivity index (χ1) is 9.62. The van der Waals surface area contributed by atoms with E-state index in [1.54, 1.807) is 6.07 Å². The number of thiophene rings is 1. The number of nitrogens with one attached hydrogen (secondary N) is 2. The SMILES string of the molecule is CCCNCc1csc(S(=O)(=O)NCCCC2CC2)c1. The fourth-order valence-corrected chi connectivity index (χ4v) is 4.40. The molecule has 4 nitrogen and oxygen atoms in total. The topological polar surface area (TPSA) is 58.2 Å². The molecule has 0 bridgehead atoms. The van der Waals surface area contributed by atoms with Crippen LogP contribution >= 0.6 is 11.3 Å². The van der Waals surface area contributed by atoms with Gasteiger partial charge in [-0.1, -0.05) is 19.8 Å². The zero-order chi connectivity index (χ0) is 14.4. The van der Waals surface area contributed by atoms with Gasteiger partial charge in [0.25, 0.3) is 0 Å². The summed E-state index contributed by atoms with van der Waals surface area (Å²) in [7, 11) is -3.31. The quantitative estimate of drug-likeness (QED) is 0.653. The molecule has 20 heavy (non-hydrogen) atoms. The highest BCUT2D eigenvalue weighted by Gasteiger charge is 2.21. The molecular formula is C14H24N2O2S2. The summed E-state index contributed by atoms with van der Waals surface area (Å²) >= 11 is 1.30. The molecular weight excluding hydrogens is 292 g/mol. The fraction of sp³-hybridized carbons (Fsp3) is 0.714. The predicted octanol–water partition coefficient (Wildman–Crippen LogP) is 2.72. The maximum atomic E-state index is 12.1. The van der Waals surface area contributed by atoms with Gasteiger partial charge in [0.05, 0.1) is 0 Å². The van der Waals surface area contributed by atoms with E-state index in [1.807, 2.05) is 5.38 Å². The highest BCUT2D eigenvalue weighted by molar-refractivity contribution is 7.91. The Labute approximate surface area is 126 Å². The van der Waals surface area contributed by atoms with Gasteiger partial charge in [0.15, 0.2) is 0 Å². The van der Waals surface area contributed by atoms with Gasteiger partial charge in [0, 0.05) is 13.1 Å². The zero-order valence-corrected chi connectivity index (χ0v) is 13.7. The first-order valence-corrected chi connectivity index (χ1v) is 9.76. The highest BCUT2D eigenvalue weighted by Crippen LogP contribution is 2.33. The van der Waals surface area contributed by atoms with Crippen LogP contribution in [0.5, 0.6) is 0 Å². The van der Waals surface area contributed by atoms with Gasteiger partial charge >= 0.3 is 0 Å². The van der Waals surface area contributed by atoms with E-state index >= 15 is 0 Å². The molecule has 0 unspecified atom stereocenters. The molecule has 2 rings (SSSR count). The van der Waals surface area contributed by atoms with Crippen LogP contribution in [0.2, 0.25) is 0 Å². The monoisotopic (exact) mass is 316 g/mol. The maximum Gasteiger partial charge on any atom is 0.250 e. The Hall–Kier alpha value is -0.430. The number of rotatable bonds is 10. The van der Waals surface area contributed by atoms with Crippen molar-refractivity contribution in [3.8, 4) is 0 Å². The van der Waals surface area contributed by atoms with E-state index in [1.165, 1.54) is 24.2 Å². The summed E-state index contributed by atoms with van der Waals surface area (Å²) in [6.45, 7) is 4.36. The van der Waals surface area contributed by atoms with E-state index in [9.17, 15) is 8.42 Å². The van der Waals surface area contributed by atoms with Crippen LogP contribution in [-0.4, -0.2) is 21.5 Å². The molecule has 114 valence electrons. The minimum atomic E-state index is -3.31. The van der Waals surface area contributed by atoms with Crippen molar-refractivity contribution in [1.29, 1.82) is 0 Å². The van der Waals surface area contributed by atoms with Gasteiger partial charge in [-0.3, -0.25) is 0 Å². The largest absolute Gasteiger partial charge is 0.313 e. The average Bonchev–Trinajstić information content (AvgIpc) is 3.11. The van der Waals surface area contributed by atoms with Gasteiger partial charge in [-0.05, 0) is 48.7 Å². The number of hydrogen-bond donors (Lipinski definition) is 2. The summed E-state index contributed by atoms with van der Waals surface area (Å²) in [5.74, 6) is 0.859. The zero-order valence-electron chi connectivity index (χ0n) is 12.0. The predicted molar refractivity (Wildman–Crippen MR) is 83.5 cm³/mol. The minimum Gasteiger partial charge on any atom is -0.313 e. The second-order valence-corrected chi connectivity index (χ2v) is 8.34. The molecule has 1 aromatic heterocycles. The van der Waals surface area contributed by atoms with Crippen molar-refractivity contribution in [2.75, 3.05) is 13.1 Å². The third-order valence-electron chi connectivity index (χ3n) is 3.43. The molecule has 0 saturated heterocycles. The molecule has 0 spiro atoms.